The Kier molecular flexibility index (Phi) is 6.74. The van der Waals surface area contributed by atoms with Crippen LogP contribution in [0.15, 0.2) is 24.3 Å². The van der Waals surface area contributed by atoms with Gasteiger partial charge in [-0.2, -0.15) is 0 Å². The molecule has 1 atom stereocenters. The van der Waals surface area contributed by atoms with Crippen LogP contribution < -0.4 is 10.6 Å². The van der Waals surface area contributed by atoms with Gasteiger partial charge in [0.15, 0.2) is 6.10 Å². The van der Waals surface area contributed by atoms with Gasteiger partial charge in [0.25, 0.3) is 5.91 Å². The van der Waals surface area contributed by atoms with E-state index in [1.165, 1.54) is 18.3 Å². The number of rotatable bonds is 6. The minimum atomic E-state index is -0.995. The number of para-hydroxylation sites is 1. The number of aryl methyl sites for hydroxylation is 4. The van der Waals surface area contributed by atoms with Crippen LogP contribution >= 0.6 is 11.3 Å². The van der Waals surface area contributed by atoms with Crippen LogP contribution in [0.3, 0.4) is 0 Å². The lowest BCUT2D eigenvalue weighted by atomic mass is 10.1. The molecule has 6 nitrogen and oxygen atoms in total. The van der Waals surface area contributed by atoms with Crippen LogP contribution in [0.25, 0.3) is 0 Å². The molecule has 2 amide bonds. The summed E-state index contributed by atoms with van der Waals surface area (Å²) >= 11 is 1.50. The fourth-order valence-corrected chi connectivity index (χ4v) is 3.53. The van der Waals surface area contributed by atoms with Crippen LogP contribution in [0.4, 0.5) is 5.69 Å². The van der Waals surface area contributed by atoms with Crippen molar-refractivity contribution in [2.24, 2.45) is 0 Å². The van der Waals surface area contributed by atoms with Crippen LogP contribution in [-0.2, 0) is 14.3 Å². The number of anilines is 1. The Labute approximate surface area is 162 Å². The first kappa shape index (κ1) is 20.6. The maximum Gasteiger partial charge on any atom is 0.340 e. The van der Waals surface area contributed by atoms with Crippen molar-refractivity contribution in [1.82, 2.24) is 5.32 Å². The summed E-state index contributed by atoms with van der Waals surface area (Å²) in [6.45, 7) is 8.81. The molecule has 0 aliphatic heterocycles. The predicted octanol–water partition coefficient (Wildman–Crippen LogP) is 3.28. The number of thiophene rings is 1. The van der Waals surface area contributed by atoms with Gasteiger partial charge < -0.3 is 15.4 Å². The summed E-state index contributed by atoms with van der Waals surface area (Å²) in [7, 11) is 0. The number of hydrogen-bond donors (Lipinski definition) is 2. The Morgan fingerprint density at radius 2 is 1.74 bits per heavy atom. The zero-order chi connectivity index (χ0) is 20.1. The van der Waals surface area contributed by atoms with E-state index in [2.05, 4.69) is 10.6 Å². The largest absolute Gasteiger partial charge is 0.449 e. The van der Waals surface area contributed by atoms with Crippen molar-refractivity contribution < 1.29 is 19.1 Å². The van der Waals surface area contributed by atoms with Crippen LogP contribution in [0.1, 0.15) is 38.2 Å². The summed E-state index contributed by atoms with van der Waals surface area (Å²) in [6, 6.07) is 7.45. The van der Waals surface area contributed by atoms with Crippen molar-refractivity contribution in [1.29, 1.82) is 0 Å². The standard InChI is InChI=1S/C20H24N2O4S/c1-11-7-6-8-12(2)18(11)22-17(23)10-21-19(24)14(4)26-20(25)16-9-13(3)27-15(16)5/h6-9,14H,10H2,1-5H3,(H,21,24)(H,22,23). The van der Waals surface area contributed by atoms with Gasteiger partial charge in [-0.05, 0) is 51.8 Å². The maximum absolute atomic E-state index is 12.2. The van der Waals surface area contributed by atoms with Crippen molar-refractivity contribution in [2.75, 3.05) is 11.9 Å². The third-order valence-corrected chi connectivity index (χ3v) is 5.05. The van der Waals surface area contributed by atoms with Crippen molar-refractivity contribution in [3.63, 3.8) is 0 Å². The van der Waals surface area contributed by atoms with Crippen LogP contribution in [0.5, 0.6) is 0 Å². The van der Waals surface area contributed by atoms with E-state index < -0.39 is 18.0 Å². The number of ether oxygens (including phenoxy) is 1. The highest BCUT2D eigenvalue weighted by Crippen LogP contribution is 2.22. The zero-order valence-electron chi connectivity index (χ0n) is 16.1. The highest BCUT2D eigenvalue weighted by Gasteiger charge is 2.21. The molecule has 1 unspecified atom stereocenters. The van der Waals surface area contributed by atoms with E-state index in [0.29, 0.717) is 5.56 Å². The molecule has 0 bridgehead atoms. The number of amides is 2. The second kappa shape index (κ2) is 8.81. The van der Waals surface area contributed by atoms with E-state index in [-0.39, 0.29) is 12.5 Å². The summed E-state index contributed by atoms with van der Waals surface area (Å²) in [6.07, 6.45) is -0.995. The molecule has 0 saturated carbocycles. The maximum atomic E-state index is 12.2. The molecule has 7 heteroatoms. The number of carbonyl (C=O) groups excluding carboxylic acids is 3. The predicted molar refractivity (Wildman–Crippen MR) is 106 cm³/mol. The Morgan fingerprint density at radius 3 is 2.30 bits per heavy atom. The molecule has 0 radical (unpaired) electrons. The molecule has 0 aliphatic carbocycles. The fourth-order valence-electron chi connectivity index (χ4n) is 2.62. The van der Waals surface area contributed by atoms with Crippen LogP contribution in [0, 0.1) is 27.7 Å². The summed E-state index contributed by atoms with van der Waals surface area (Å²) in [5, 5.41) is 5.28. The summed E-state index contributed by atoms with van der Waals surface area (Å²) in [5.74, 6) is -1.41. The molecular formula is C20H24N2O4S. The van der Waals surface area contributed by atoms with Gasteiger partial charge in [-0.1, -0.05) is 18.2 Å². The van der Waals surface area contributed by atoms with Crippen LogP contribution in [-0.4, -0.2) is 30.4 Å². The van der Waals surface area contributed by atoms with E-state index in [4.69, 9.17) is 4.74 Å². The van der Waals surface area contributed by atoms with Gasteiger partial charge in [0.1, 0.15) is 0 Å². The van der Waals surface area contributed by atoms with Crippen molar-refractivity contribution in [3.8, 4) is 0 Å². The van der Waals surface area contributed by atoms with Crippen LogP contribution in [0.2, 0.25) is 0 Å². The topological polar surface area (TPSA) is 84.5 Å². The van der Waals surface area contributed by atoms with Gasteiger partial charge in [-0.25, -0.2) is 4.79 Å². The molecule has 1 heterocycles. The zero-order valence-corrected chi connectivity index (χ0v) is 17.0. The Morgan fingerprint density at radius 1 is 1.11 bits per heavy atom. The average molecular weight is 388 g/mol. The molecule has 1 aromatic carbocycles. The van der Waals surface area contributed by atoms with E-state index in [0.717, 1.165) is 26.6 Å². The van der Waals surface area contributed by atoms with Gasteiger partial charge in [-0.3, -0.25) is 9.59 Å². The van der Waals surface area contributed by atoms with E-state index in [9.17, 15) is 14.4 Å². The Balaban J connectivity index is 1.86. The Hall–Kier alpha value is -2.67. The molecule has 144 valence electrons. The van der Waals surface area contributed by atoms with E-state index in [1.807, 2.05) is 45.9 Å². The smallest absolute Gasteiger partial charge is 0.340 e. The third-order valence-electron chi connectivity index (χ3n) is 4.08. The second-order valence-electron chi connectivity index (χ2n) is 6.41. The first-order chi connectivity index (χ1) is 12.7. The minimum absolute atomic E-state index is 0.203. The summed E-state index contributed by atoms with van der Waals surface area (Å²) < 4.78 is 5.21. The molecule has 2 aromatic rings. The SMILES string of the molecule is Cc1cc(C(=O)OC(C)C(=O)NCC(=O)Nc2c(C)cccc2C)c(C)s1. The molecule has 0 fully saturated rings. The van der Waals surface area contributed by atoms with Crippen molar-refractivity contribution in [3.05, 3.63) is 50.7 Å². The molecule has 1 aromatic heterocycles. The van der Waals surface area contributed by atoms with Gasteiger partial charge in [0.05, 0.1) is 12.1 Å². The second-order valence-corrected chi connectivity index (χ2v) is 7.87. The lowest BCUT2D eigenvalue weighted by Gasteiger charge is -2.14. The first-order valence-corrected chi connectivity index (χ1v) is 9.42. The number of hydrogen-bond acceptors (Lipinski definition) is 5. The van der Waals surface area contributed by atoms with Gasteiger partial charge >= 0.3 is 5.97 Å². The van der Waals surface area contributed by atoms with Crippen molar-refractivity contribution >= 4 is 34.8 Å². The molecule has 2 rings (SSSR count). The van der Waals surface area contributed by atoms with Gasteiger partial charge in [0, 0.05) is 15.4 Å². The molecule has 0 aliphatic rings. The minimum Gasteiger partial charge on any atom is -0.449 e. The average Bonchev–Trinajstić information content (AvgIpc) is 2.94. The normalized spacial score (nSPS) is 11.6. The number of esters is 1. The lowest BCUT2D eigenvalue weighted by molar-refractivity contribution is -0.130. The summed E-state index contributed by atoms with van der Waals surface area (Å²) in [5.41, 5.74) is 3.08. The van der Waals surface area contributed by atoms with E-state index >= 15 is 0 Å². The highest BCUT2D eigenvalue weighted by atomic mass is 32.1. The third kappa shape index (κ3) is 5.40. The van der Waals surface area contributed by atoms with Gasteiger partial charge in [0.2, 0.25) is 5.91 Å². The number of nitrogens with one attached hydrogen (secondary N) is 2. The van der Waals surface area contributed by atoms with Crippen molar-refractivity contribution in [2.45, 2.75) is 40.7 Å². The molecule has 0 spiro atoms. The highest BCUT2D eigenvalue weighted by molar-refractivity contribution is 7.12. The molecule has 27 heavy (non-hydrogen) atoms. The van der Waals surface area contributed by atoms with E-state index in [1.54, 1.807) is 6.07 Å². The summed E-state index contributed by atoms with van der Waals surface area (Å²) in [4.78, 5) is 38.2. The first-order valence-electron chi connectivity index (χ1n) is 8.60. The Bertz CT molecular complexity index is 853. The molecule has 2 N–H and O–H groups in total. The monoisotopic (exact) mass is 388 g/mol. The lowest BCUT2D eigenvalue weighted by Crippen LogP contribution is -2.40. The molecular weight excluding hydrogens is 364 g/mol. The number of benzene rings is 1. The number of carbonyl (C=O) groups is 3. The fraction of sp³-hybridized carbons (Fsp3) is 0.350. The molecule has 0 saturated heterocycles. The van der Waals surface area contributed by atoms with Gasteiger partial charge in [-0.15, -0.1) is 11.3 Å². The quantitative estimate of drug-likeness (QED) is 0.744.